The molecule has 1 unspecified atom stereocenters. The molecule has 1 atom stereocenters. The summed E-state index contributed by atoms with van der Waals surface area (Å²) in [5, 5.41) is 2.13. The summed E-state index contributed by atoms with van der Waals surface area (Å²) in [5.74, 6) is 0.688. The van der Waals surface area contributed by atoms with Crippen molar-refractivity contribution in [2.75, 3.05) is 0 Å². The number of nitrogens with one attached hydrogen (secondary N) is 2. The van der Waals surface area contributed by atoms with Gasteiger partial charge < -0.3 is 5.43 Å². The first kappa shape index (κ1) is 14.9. The fraction of sp³-hybridized carbons (Fsp3) is 0.100. The molecule has 1 aliphatic heterocycles. The lowest BCUT2D eigenvalue weighted by molar-refractivity contribution is 0.387. The number of benzene rings is 1. The zero-order valence-corrected chi connectivity index (χ0v) is 14.1. The van der Waals surface area contributed by atoms with E-state index in [0.29, 0.717) is 5.84 Å². The van der Waals surface area contributed by atoms with Crippen LogP contribution in [0.3, 0.4) is 0 Å². The van der Waals surface area contributed by atoms with Crippen molar-refractivity contribution in [3.8, 4) is 0 Å². The number of hydrogen-bond donors (Lipinski definition) is 2. The molecule has 0 fully saturated rings. The first-order valence-electron chi connectivity index (χ1n) is 8.42. The number of aromatic nitrogens is 3. The largest absolute Gasteiger partial charge is 0.302 e. The standard InChI is InChI=1S/C20H16N6/c1-20(16-6-2-3-11-21-16)24-19(25-26-20)15-10-9-14-8-7-13-5-4-12-22-17(13)18(14)23-15/h2-12,26H,1H3,(H,24,25). The molecule has 0 amide bonds. The molecule has 1 aliphatic rings. The molecule has 5 rings (SSSR count). The van der Waals surface area contributed by atoms with Crippen molar-refractivity contribution in [3.05, 3.63) is 78.4 Å². The zero-order valence-electron chi connectivity index (χ0n) is 14.1. The topological polar surface area (TPSA) is 75.1 Å². The van der Waals surface area contributed by atoms with Gasteiger partial charge in [-0.3, -0.25) is 9.97 Å². The van der Waals surface area contributed by atoms with E-state index in [9.17, 15) is 0 Å². The van der Waals surface area contributed by atoms with Crippen LogP contribution in [0.4, 0.5) is 0 Å². The summed E-state index contributed by atoms with van der Waals surface area (Å²) < 4.78 is 0. The Kier molecular flexibility index (Phi) is 3.20. The van der Waals surface area contributed by atoms with Crippen LogP contribution in [0.2, 0.25) is 0 Å². The van der Waals surface area contributed by atoms with Crippen molar-refractivity contribution in [1.82, 2.24) is 25.8 Å². The molecular formula is C20H16N6. The van der Waals surface area contributed by atoms with Gasteiger partial charge in [0.15, 0.2) is 11.5 Å². The molecule has 26 heavy (non-hydrogen) atoms. The lowest BCUT2D eigenvalue weighted by Gasteiger charge is -2.19. The third-order valence-corrected chi connectivity index (χ3v) is 4.60. The van der Waals surface area contributed by atoms with E-state index in [1.165, 1.54) is 0 Å². The maximum atomic E-state index is 4.83. The van der Waals surface area contributed by atoms with Crippen LogP contribution >= 0.6 is 0 Å². The van der Waals surface area contributed by atoms with Crippen LogP contribution in [0, 0.1) is 0 Å². The molecule has 6 heteroatoms. The van der Waals surface area contributed by atoms with E-state index in [4.69, 9.17) is 9.98 Å². The molecule has 0 aliphatic carbocycles. The fourth-order valence-corrected chi connectivity index (χ4v) is 3.21. The molecule has 6 nitrogen and oxygen atoms in total. The first-order valence-corrected chi connectivity index (χ1v) is 8.42. The van der Waals surface area contributed by atoms with Crippen LogP contribution in [0.5, 0.6) is 0 Å². The summed E-state index contributed by atoms with van der Waals surface area (Å²) >= 11 is 0. The van der Waals surface area contributed by atoms with Crippen LogP contribution in [0.25, 0.3) is 21.8 Å². The molecule has 1 aromatic carbocycles. The lowest BCUT2D eigenvalue weighted by Crippen LogP contribution is -2.42. The molecule has 0 spiro atoms. The van der Waals surface area contributed by atoms with E-state index in [2.05, 4.69) is 33.0 Å². The molecule has 3 aromatic heterocycles. The van der Waals surface area contributed by atoms with Crippen molar-refractivity contribution in [3.63, 3.8) is 0 Å². The van der Waals surface area contributed by atoms with E-state index < -0.39 is 5.66 Å². The zero-order chi connectivity index (χ0) is 17.6. The first-order chi connectivity index (χ1) is 12.7. The number of rotatable bonds is 2. The Labute approximate surface area is 150 Å². The van der Waals surface area contributed by atoms with Crippen molar-refractivity contribution in [2.24, 2.45) is 4.99 Å². The summed E-state index contributed by atoms with van der Waals surface area (Å²) in [6.45, 7) is 1.98. The van der Waals surface area contributed by atoms with Crippen LogP contribution in [-0.4, -0.2) is 20.8 Å². The summed E-state index contributed by atoms with van der Waals surface area (Å²) in [4.78, 5) is 18.5. The highest BCUT2D eigenvalue weighted by Crippen LogP contribution is 2.25. The summed E-state index contributed by atoms with van der Waals surface area (Å²) in [5.41, 5.74) is 9.10. The number of hydrazine groups is 1. The Balaban J connectivity index is 1.63. The summed E-state index contributed by atoms with van der Waals surface area (Å²) in [6, 6.07) is 17.9. The van der Waals surface area contributed by atoms with Gasteiger partial charge in [-0.05, 0) is 31.2 Å². The Morgan fingerprint density at radius 3 is 2.46 bits per heavy atom. The maximum absolute atomic E-state index is 4.83. The van der Waals surface area contributed by atoms with Crippen molar-refractivity contribution in [1.29, 1.82) is 0 Å². The van der Waals surface area contributed by atoms with E-state index in [-0.39, 0.29) is 0 Å². The van der Waals surface area contributed by atoms with E-state index >= 15 is 0 Å². The number of pyridine rings is 3. The number of nitrogens with zero attached hydrogens (tertiary/aromatic N) is 4. The average Bonchev–Trinajstić information content (AvgIpc) is 3.12. The minimum atomic E-state index is -0.635. The smallest absolute Gasteiger partial charge is 0.168 e. The molecule has 126 valence electrons. The monoisotopic (exact) mass is 340 g/mol. The SMILES string of the molecule is CC1(c2ccccn2)N=C(c2ccc3ccc4cccnc4c3n2)NN1. The van der Waals surface area contributed by atoms with Crippen LogP contribution < -0.4 is 10.9 Å². The Morgan fingerprint density at radius 2 is 1.62 bits per heavy atom. The molecule has 4 aromatic rings. The molecule has 4 heterocycles. The highest BCUT2D eigenvalue weighted by atomic mass is 15.5. The van der Waals surface area contributed by atoms with Crippen LogP contribution in [0.15, 0.2) is 72.0 Å². The minimum Gasteiger partial charge on any atom is -0.302 e. The van der Waals surface area contributed by atoms with Gasteiger partial charge in [0.25, 0.3) is 0 Å². The third-order valence-electron chi connectivity index (χ3n) is 4.60. The molecule has 0 radical (unpaired) electrons. The lowest BCUT2D eigenvalue weighted by atomic mass is 10.1. The number of fused-ring (bicyclic) bond motifs is 3. The highest BCUT2D eigenvalue weighted by Gasteiger charge is 2.33. The van der Waals surface area contributed by atoms with Gasteiger partial charge in [0.1, 0.15) is 5.69 Å². The van der Waals surface area contributed by atoms with Gasteiger partial charge >= 0.3 is 0 Å². The second-order valence-corrected chi connectivity index (χ2v) is 6.41. The third kappa shape index (κ3) is 2.31. The average molecular weight is 340 g/mol. The van der Waals surface area contributed by atoms with Crippen LogP contribution in [-0.2, 0) is 5.66 Å². The number of aliphatic imine (C=N–C) groups is 1. The predicted molar refractivity (Wildman–Crippen MR) is 101 cm³/mol. The maximum Gasteiger partial charge on any atom is 0.168 e. The van der Waals surface area contributed by atoms with Gasteiger partial charge in [-0.1, -0.05) is 30.3 Å². The second-order valence-electron chi connectivity index (χ2n) is 6.41. The molecule has 0 bridgehead atoms. The van der Waals surface area contributed by atoms with Gasteiger partial charge in [-0.25, -0.2) is 15.4 Å². The second kappa shape index (κ2) is 5.57. The Morgan fingerprint density at radius 1 is 0.808 bits per heavy atom. The van der Waals surface area contributed by atoms with Crippen molar-refractivity contribution >= 4 is 27.6 Å². The molecule has 2 N–H and O–H groups in total. The van der Waals surface area contributed by atoms with Crippen molar-refractivity contribution in [2.45, 2.75) is 12.6 Å². The summed E-state index contributed by atoms with van der Waals surface area (Å²) in [7, 11) is 0. The van der Waals surface area contributed by atoms with E-state index in [0.717, 1.165) is 33.2 Å². The minimum absolute atomic E-state index is 0.635. The normalized spacial score (nSPS) is 19.5. The predicted octanol–water partition coefficient (Wildman–Crippen LogP) is 2.91. The van der Waals surface area contributed by atoms with E-state index in [1.807, 2.05) is 49.4 Å². The number of amidine groups is 1. The fourth-order valence-electron chi connectivity index (χ4n) is 3.21. The summed E-state index contributed by atoms with van der Waals surface area (Å²) in [6.07, 6.45) is 3.56. The molecular weight excluding hydrogens is 324 g/mol. The molecule has 0 saturated heterocycles. The van der Waals surface area contributed by atoms with Crippen molar-refractivity contribution < 1.29 is 0 Å². The quantitative estimate of drug-likeness (QED) is 0.549. The van der Waals surface area contributed by atoms with E-state index in [1.54, 1.807) is 12.4 Å². The van der Waals surface area contributed by atoms with Gasteiger partial charge in [0.05, 0.1) is 16.7 Å². The number of hydrogen-bond acceptors (Lipinski definition) is 6. The van der Waals surface area contributed by atoms with Gasteiger partial charge in [-0.15, -0.1) is 0 Å². The van der Waals surface area contributed by atoms with Gasteiger partial charge in [0, 0.05) is 23.2 Å². The Bertz CT molecular complexity index is 1150. The molecule has 0 saturated carbocycles. The van der Waals surface area contributed by atoms with Crippen LogP contribution in [0.1, 0.15) is 18.3 Å². The Hall–Kier alpha value is -3.38. The highest BCUT2D eigenvalue weighted by molar-refractivity contribution is 6.05. The van der Waals surface area contributed by atoms with Gasteiger partial charge in [-0.2, -0.15) is 0 Å². The van der Waals surface area contributed by atoms with Gasteiger partial charge in [0.2, 0.25) is 0 Å².